The van der Waals surface area contributed by atoms with Crippen LogP contribution in [-0.4, -0.2) is 84.6 Å². The zero-order chi connectivity index (χ0) is 17.1. The second-order valence-corrected chi connectivity index (χ2v) is 7.24. The monoisotopic (exact) mass is 344 g/mol. The summed E-state index contributed by atoms with van der Waals surface area (Å²) in [5.74, 6) is 2.44. The molecule has 0 unspecified atom stereocenters. The fourth-order valence-electron chi connectivity index (χ4n) is 4.03. The molecule has 0 spiro atoms. The fraction of sp³-hybridized carbons (Fsp3) is 0.722. The van der Waals surface area contributed by atoms with E-state index in [1.54, 1.807) is 6.33 Å². The molecule has 3 fully saturated rings. The zero-order valence-corrected chi connectivity index (χ0v) is 14.9. The quantitative estimate of drug-likeness (QED) is 0.788. The van der Waals surface area contributed by atoms with Gasteiger partial charge >= 0.3 is 0 Å². The van der Waals surface area contributed by atoms with E-state index in [-0.39, 0.29) is 0 Å². The van der Waals surface area contributed by atoms with Gasteiger partial charge in [-0.05, 0) is 19.3 Å². The van der Waals surface area contributed by atoms with Gasteiger partial charge in [0.25, 0.3) is 0 Å². The molecule has 3 saturated heterocycles. The standard InChI is InChI=1S/C18H28N6O/c25-18-4-3-7-24(18)13-10-21-8-11-23(12-9-21)17-14-16(19-15-20-17)22-5-1-2-6-22/h14-15H,1-13H2. The van der Waals surface area contributed by atoms with Crippen LogP contribution in [0.4, 0.5) is 11.6 Å². The predicted octanol–water partition coefficient (Wildman–Crippen LogP) is 0.821. The van der Waals surface area contributed by atoms with Crippen molar-refractivity contribution in [3.05, 3.63) is 12.4 Å². The number of piperazine rings is 1. The van der Waals surface area contributed by atoms with Crippen LogP contribution in [0.2, 0.25) is 0 Å². The molecule has 0 bridgehead atoms. The van der Waals surface area contributed by atoms with E-state index in [2.05, 4.69) is 30.7 Å². The lowest BCUT2D eigenvalue weighted by atomic mass is 10.3. The van der Waals surface area contributed by atoms with Gasteiger partial charge in [0.15, 0.2) is 0 Å². The van der Waals surface area contributed by atoms with Gasteiger partial charge in [-0.2, -0.15) is 0 Å². The minimum Gasteiger partial charge on any atom is -0.356 e. The second kappa shape index (κ2) is 7.56. The van der Waals surface area contributed by atoms with Crippen molar-refractivity contribution in [2.45, 2.75) is 25.7 Å². The third kappa shape index (κ3) is 3.86. The highest BCUT2D eigenvalue weighted by Gasteiger charge is 2.23. The number of aromatic nitrogens is 2. The van der Waals surface area contributed by atoms with Crippen molar-refractivity contribution < 1.29 is 4.79 Å². The van der Waals surface area contributed by atoms with Gasteiger partial charge in [0.05, 0.1) is 0 Å². The van der Waals surface area contributed by atoms with E-state index in [0.29, 0.717) is 5.91 Å². The molecule has 0 aliphatic carbocycles. The summed E-state index contributed by atoms with van der Waals surface area (Å²) >= 11 is 0. The molecule has 7 heteroatoms. The molecule has 0 saturated carbocycles. The Labute approximate surface area is 149 Å². The van der Waals surface area contributed by atoms with Crippen LogP contribution < -0.4 is 9.80 Å². The van der Waals surface area contributed by atoms with E-state index >= 15 is 0 Å². The van der Waals surface area contributed by atoms with Crippen molar-refractivity contribution >= 4 is 17.5 Å². The molecule has 1 amide bonds. The molecular weight excluding hydrogens is 316 g/mol. The Balaban J connectivity index is 1.28. The fourth-order valence-corrected chi connectivity index (χ4v) is 4.03. The minimum absolute atomic E-state index is 0.328. The summed E-state index contributed by atoms with van der Waals surface area (Å²) in [4.78, 5) is 29.8. The Bertz CT molecular complexity index is 595. The Hall–Kier alpha value is -1.89. The Kier molecular flexibility index (Phi) is 5.01. The molecule has 25 heavy (non-hydrogen) atoms. The summed E-state index contributed by atoms with van der Waals surface area (Å²) in [6.45, 7) is 9.08. The van der Waals surface area contributed by atoms with Crippen LogP contribution in [0.5, 0.6) is 0 Å². The number of anilines is 2. The minimum atomic E-state index is 0.328. The summed E-state index contributed by atoms with van der Waals surface area (Å²) in [7, 11) is 0. The summed E-state index contributed by atoms with van der Waals surface area (Å²) in [5.41, 5.74) is 0. The van der Waals surface area contributed by atoms with Crippen LogP contribution in [0.1, 0.15) is 25.7 Å². The maximum absolute atomic E-state index is 11.7. The van der Waals surface area contributed by atoms with Crippen LogP contribution in [0.15, 0.2) is 12.4 Å². The van der Waals surface area contributed by atoms with Crippen LogP contribution >= 0.6 is 0 Å². The first-order chi connectivity index (χ1) is 12.3. The largest absolute Gasteiger partial charge is 0.356 e. The van der Waals surface area contributed by atoms with E-state index in [0.717, 1.165) is 83.4 Å². The highest BCUT2D eigenvalue weighted by molar-refractivity contribution is 5.78. The molecule has 3 aliphatic rings. The molecule has 7 nitrogen and oxygen atoms in total. The molecule has 1 aromatic heterocycles. The molecule has 0 atom stereocenters. The Morgan fingerprint density at radius 1 is 0.800 bits per heavy atom. The lowest BCUT2D eigenvalue weighted by molar-refractivity contribution is -0.127. The first-order valence-corrected chi connectivity index (χ1v) is 9.62. The predicted molar refractivity (Wildman–Crippen MR) is 97.9 cm³/mol. The van der Waals surface area contributed by atoms with Gasteiger partial charge in [0.1, 0.15) is 18.0 Å². The van der Waals surface area contributed by atoms with E-state index < -0.39 is 0 Å². The van der Waals surface area contributed by atoms with Crippen molar-refractivity contribution in [1.82, 2.24) is 19.8 Å². The van der Waals surface area contributed by atoms with Gasteiger partial charge < -0.3 is 14.7 Å². The number of likely N-dealkylation sites (tertiary alicyclic amines) is 1. The summed E-state index contributed by atoms with van der Waals surface area (Å²) in [5, 5.41) is 0. The first-order valence-electron chi connectivity index (χ1n) is 9.62. The third-order valence-electron chi connectivity index (χ3n) is 5.62. The molecule has 136 valence electrons. The van der Waals surface area contributed by atoms with Gasteiger partial charge in [0.2, 0.25) is 5.91 Å². The molecule has 3 aliphatic heterocycles. The van der Waals surface area contributed by atoms with Crippen molar-refractivity contribution in [1.29, 1.82) is 0 Å². The maximum atomic E-state index is 11.7. The molecule has 4 heterocycles. The molecule has 4 rings (SSSR count). The number of carbonyl (C=O) groups is 1. The number of carbonyl (C=O) groups excluding carboxylic acids is 1. The van der Waals surface area contributed by atoms with Gasteiger partial charge in [-0.1, -0.05) is 0 Å². The second-order valence-electron chi connectivity index (χ2n) is 7.24. The Morgan fingerprint density at radius 2 is 1.48 bits per heavy atom. The van der Waals surface area contributed by atoms with Gasteiger partial charge in [-0.25, -0.2) is 9.97 Å². The number of amides is 1. The van der Waals surface area contributed by atoms with Crippen molar-refractivity contribution in [2.75, 3.05) is 68.7 Å². The highest BCUT2D eigenvalue weighted by atomic mass is 16.2. The van der Waals surface area contributed by atoms with E-state index in [4.69, 9.17) is 0 Å². The first kappa shape index (κ1) is 16.6. The van der Waals surface area contributed by atoms with Crippen LogP contribution in [-0.2, 0) is 4.79 Å². The average molecular weight is 344 g/mol. The molecular formula is C18H28N6O. The summed E-state index contributed by atoms with van der Waals surface area (Å²) < 4.78 is 0. The number of hydrogen-bond donors (Lipinski definition) is 0. The number of rotatable bonds is 5. The number of nitrogens with zero attached hydrogens (tertiary/aromatic N) is 6. The topological polar surface area (TPSA) is 55.8 Å². The van der Waals surface area contributed by atoms with Crippen LogP contribution in [0, 0.1) is 0 Å². The Morgan fingerprint density at radius 3 is 2.12 bits per heavy atom. The SMILES string of the molecule is O=C1CCCN1CCN1CCN(c2cc(N3CCCC3)ncn2)CC1. The van der Waals surface area contributed by atoms with Crippen molar-refractivity contribution in [2.24, 2.45) is 0 Å². The van der Waals surface area contributed by atoms with Gasteiger partial charge in [-0.15, -0.1) is 0 Å². The summed E-state index contributed by atoms with van der Waals surface area (Å²) in [6, 6.07) is 2.14. The van der Waals surface area contributed by atoms with Crippen LogP contribution in [0.25, 0.3) is 0 Å². The molecule has 1 aromatic rings. The maximum Gasteiger partial charge on any atom is 0.222 e. The zero-order valence-electron chi connectivity index (χ0n) is 14.9. The van der Waals surface area contributed by atoms with E-state index in [9.17, 15) is 4.79 Å². The van der Waals surface area contributed by atoms with E-state index in [1.807, 2.05) is 4.90 Å². The molecule has 0 N–H and O–H groups in total. The summed E-state index contributed by atoms with van der Waals surface area (Å²) in [6.07, 6.45) is 5.99. The smallest absolute Gasteiger partial charge is 0.222 e. The molecule has 0 radical (unpaired) electrons. The van der Waals surface area contributed by atoms with Crippen molar-refractivity contribution in [3.63, 3.8) is 0 Å². The number of hydrogen-bond acceptors (Lipinski definition) is 6. The molecule has 0 aromatic carbocycles. The average Bonchev–Trinajstić information content (AvgIpc) is 3.32. The van der Waals surface area contributed by atoms with Gasteiger partial charge in [-0.3, -0.25) is 9.69 Å². The van der Waals surface area contributed by atoms with Crippen LogP contribution in [0.3, 0.4) is 0 Å². The normalized spacial score (nSPS) is 22.2. The lowest BCUT2D eigenvalue weighted by Gasteiger charge is -2.36. The van der Waals surface area contributed by atoms with Crippen molar-refractivity contribution in [3.8, 4) is 0 Å². The third-order valence-corrected chi connectivity index (χ3v) is 5.62. The lowest BCUT2D eigenvalue weighted by Crippen LogP contribution is -2.48. The van der Waals surface area contributed by atoms with E-state index in [1.165, 1.54) is 12.8 Å². The van der Waals surface area contributed by atoms with Gasteiger partial charge in [0, 0.05) is 71.4 Å². The highest BCUT2D eigenvalue weighted by Crippen LogP contribution is 2.22.